The van der Waals surface area contributed by atoms with E-state index in [1.165, 1.54) is 17.4 Å². The molecule has 2 heterocycles. The van der Waals surface area contributed by atoms with Crippen molar-refractivity contribution < 1.29 is 4.79 Å². The summed E-state index contributed by atoms with van der Waals surface area (Å²) in [6, 6.07) is 4.13. The van der Waals surface area contributed by atoms with Gasteiger partial charge < -0.3 is 15.6 Å². The number of rotatable bonds is 4. The molecular formula is C15H23N5O. The number of carbonyl (C=O) groups excluding carboxylic acids is 1. The highest BCUT2D eigenvalue weighted by atomic mass is 16.2. The number of hydrazine groups is 1. The van der Waals surface area contributed by atoms with Gasteiger partial charge in [-0.15, -0.1) is 0 Å². The molecule has 1 aromatic rings. The molecule has 1 aromatic heterocycles. The molecule has 1 aliphatic heterocycles. The first-order chi connectivity index (χ1) is 10.0. The van der Waals surface area contributed by atoms with E-state index in [9.17, 15) is 4.79 Å². The van der Waals surface area contributed by atoms with Crippen molar-refractivity contribution in [1.29, 1.82) is 0 Å². The molecule has 21 heavy (non-hydrogen) atoms. The lowest BCUT2D eigenvalue weighted by Crippen LogP contribution is -2.43. The van der Waals surface area contributed by atoms with E-state index in [0.29, 0.717) is 19.0 Å². The molecule has 0 bridgehead atoms. The largest absolute Gasteiger partial charge is 0.403 e. The van der Waals surface area contributed by atoms with Gasteiger partial charge in [-0.25, -0.2) is 5.84 Å². The molecule has 0 spiro atoms. The lowest BCUT2D eigenvalue weighted by atomic mass is 10.0. The summed E-state index contributed by atoms with van der Waals surface area (Å²) in [5.74, 6) is 6.06. The van der Waals surface area contributed by atoms with E-state index in [0.717, 1.165) is 23.4 Å². The van der Waals surface area contributed by atoms with Crippen LogP contribution in [0.4, 0.5) is 0 Å². The summed E-state index contributed by atoms with van der Waals surface area (Å²) in [6.07, 6.45) is 3.58. The minimum absolute atomic E-state index is 0.00538. The zero-order valence-corrected chi connectivity index (χ0v) is 12.6. The normalized spacial score (nSPS) is 14.6. The Hall–Kier alpha value is -2.08. The lowest BCUT2D eigenvalue weighted by molar-refractivity contribution is -0.132. The third kappa shape index (κ3) is 3.72. The van der Waals surface area contributed by atoms with Crippen LogP contribution in [0.1, 0.15) is 36.7 Å². The van der Waals surface area contributed by atoms with Gasteiger partial charge in [-0.1, -0.05) is 19.9 Å². The van der Waals surface area contributed by atoms with Crippen LogP contribution in [0.3, 0.4) is 0 Å². The van der Waals surface area contributed by atoms with Crippen LogP contribution in [0, 0.1) is 0 Å². The molecule has 0 aliphatic carbocycles. The van der Waals surface area contributed by atoms with Crippen molar-refractivity contribution in [3.63, 3.8) is 0 Å². The number of hydrogen-bond donors (Lipinski definition) is 2. The molecule has 1 aliphatic rings. The number of aromatic nitrogens is 1. The van der Waals surface area contributed by atoms with Crippen LogP contribution in [-0.2, 0) is 17.8 Å². The number of fused-ring (bicyclic) bond motifs is 1. The minimum atomic E-state index is -0.00538. The summed E-state index contributed by atoms with van der Waals surface area (Å²) >= 11 is 0. The van der Waals surface area contributed by atoms with Gasteiger partial charge in [0.05, 0.1) is 0 Å². The molecule has 0 atom stereocenters. The summed E-state index contributed by atoms with van der Waals surface area (Å²) in [5, 5.41) is 1.29. The quantitative estimate of drug-likeness (QED) is 0.629. The summed E-state index contributed by atoms with van der Waals surface area (Å²) < 4.78 is 0. The fourth-order valence-electron chi connectivity index (χ4n) is 2.39. The monoisotopic (exact) mass is 289 g/mol. The van der Waals surface area contributed by atoms with Gasteiger partial charge >= 0.3 is 0 Å². The van der Waals surface area contributed by atoms with Crippen LogP contribution in [0.5, 0.6) is 0 Å². The molecule has 0 unspecified atom stereocenters. The number of hydrogen-bond acceptors (Lipinski definition) is 5. The third-order valence-corrected chi connectivity index (χ3v) is 3.61. The first kappa shape index (κ1) is 15.3. The summed E-state index contributed by atoms with van der Waals surface area (Å²) in [5.41, 5.74) is 8.59. The van der Waals surface area contributed by atoms with Gasteiger partial charge in [0.1, 0.15) is 6.54 Å². The zero-order chi connectivity index (χ0) is 15.4. The first-order valence-electron chi connectivity index (χ1n) is 7.17. The molecule has 6 heteroatoms. The third-order valence-electron chi connectivity index (χ3n) is 3.61. The van der Waals surface area contributed by atoms with Crippen molar-refractivity contribution in [3.8, 4) is 0 Å². The minimum Gasteiger partial charge on any atom is -0.403 e. The van der Waals surface area contributed by atoms with Gasteiger partial charge in [0.25, 0.3) is 0 Å². The Morgan fingerprint density at radius 2 is 2.29 bits per heavy atom. The topological polar surface area (TPSA) is 88.5 Å². The number of amides is 1. The number of nitrogens with two attached hydrogens (primary N) is 2. The molecule has 0 fully saturated rings. The van der Waals surface area contributed by atoms with E-state index in [1.54, 1.807) is 0 Å². The molecule has 2 rings (SSSR count). The van der Waals surface area contributed by atoms with Crippen molar-refractivity contribution in [1.82, 2.24) is 14.9 Å². The van der Waals surface area contributed by atoms with E-state index in [4.69, 9.17) is 16.6 Å². The van der Waals surface area contributed by atoms with Crippen LogP contribution >= 0.6 is 0 Å². The maximum absolute atomic E-state index is 12.2. The van der Waals surface area contributed by atoms with Gasteiger partial charge in [0.15, 0.2) is 0 Å². The Morgan fingerprint density at radius 1 is 1.52 bits per heavy atom. The second-order valence-corrected chi connectivity index (χ2v) is 5.58. The molecular weight excluding hydrogens is 266 g/mol. The van der Waals surface area contributed by atoms with E-state index < -0.39 is 0 Å². The number of nitrogens with zero attached hydrogens (tertiary/aromatic N) is 3. The Morgan fingerprint density at radius 3 is 2.95 bits per heavy atom. The Kier molecular flexibility index (Phi) is 4.80. The summed E-state index contributed by atoms with van der Waals surface area (Å²) in [4.78, 5) is 18.7. The van der Waals surface area contributed by atoms with Crippen LogP contribution in [0.2, 0.25) is 0 Å². The van der Waals surface area contributed by atoms with Crippen molar-refractivity contribution in [3.05, 3.63) is 41.5 Å². The fourth-order valence-corrected chi connectivity index (χ4v) is 2.39. The number of pyridine rings is 1. The maximum atomic E-state index is 12.2. The van der Waals surface area contributed by atoms with Gasteiger partial charge in [-0.05, 0) is 17.5 Å². The van der Waals surface area contributed by atoms with Crippen LogP contribution in [0.25, 0.3) is 0 Å². The average molecular weight is 289 g/mol. The molecule has 4 N–H and O–H groups in total. The van der Waals surface area contributed by atoms with E-state index in [-0.39, 0.29) is 12.5 Å². The zero-order valence-electron chi connectivity index (χ0n) is 12.6. The Bertz CT molecular complexity index is 541. The molecule has 6 nitrogen and oxygen atoms in total. The smallest absolute Gasteiger partial charge is 0.244 e. The fraction of sp³-hybridized carbons (Fsp3) is 0.467. The first-order valence-corrected chi connectivity index (χ1v) is 7.17. The van der Waals surface area contributed by atoms with Gasteiger partial charge in [0.2, 0.25) is 5.91 Å². The predicted octanol–water partition coefficient (Wildman–Crippen LogP) is 0.695. The van der Waals surface area contributed by atoms with E-state index >= 15 is 0 Å². The highest BCUT2D eigenvalue weighted by Crippen LogP contribution is 2.20. The summed E-state index contributed by atoms with van der Waals surface area (Å²) in [6.45, 7) is 5.67. The second kappa shape index (κ2) is 6.58. The molecule has 1 amide bonds. The average Bonchev–Trinajstić information content (AvgIpc) is 2.46. The second-order valence-electron chi connectivity index (χ2n) is 5.58. The molecule has 0 aromatic carbocycles. The molecule has 0 saturated heterocycles. The summed E-state index contributed by atoms with van der Waals surface area (Å²) in [7, 11) is 0. The van der Waals surface area contributed by atoms with Crippen molar-refractivity contribution in [2.75, 3.05) is 13.1 Å². The standard InChI is InChI=1S/C15H23N5O/c1-11(2)13-4-3-12-9-19(7-5-14(12)18-13)15(21)10-20(17)8-6-16/h3-4,6,8,11H,5,7,9-10,16-17H2,1-2H3/b8-6-. The Balaban J connectivity index is 2.04. The molecule has 0 radical (unpaired) electrons. The highest BCUT2D eigenvalue weighted by Gasteiger charge is 2.22. The van der Waals surface area contributed by atoms with E-state index in [2.05, 4.69) is 19.9 Å². The van der Waals surface area contributed by atoms with E-state index in [1.807, 2.05) is 11.0 Å². The predicted molar refractivity (Wildman–Crippen MR) is 81.7 cm³/mol. The van der Waals surface area contributed by atoms with Gasteiger partial charge in [0, 0.05) is 43.3 Å². The van der Waals surface area contributed by atoms with Crippen molar-refractivity contribution in [2.45, 2.75) is 32.7 Å². The lowest BCUT2D eigenvalue weighted by Gasteiger charge is -2.30. The van der Waals surface area contributed by atoms with Crippen molar-refractivity contribution in [2.24, 2.45) is 11.6 Å². The van der Waals surface area contributed by atoms with Crippen molar-refractivity contribution >= 4 is 5.91 Å². The number of carbonyl (C=O) groups is 1. The maximum Gasteiger partial charge on any atom is 0.244 e. The van der Waals surface area contributed by atoms with Crippen LogP contribution in [0.15, 0.2) is 24.5 Å². The van der Waals surface area contributed by atoms with Gasteiger partial charge in [-0.2, -0.15) is 0 Å². The highest BCUT2D eigenvalue weighted by molar-refractivity contribution is 5.78. The SMILES string of the molecule is CC(C)c1ccc2c(n1)CCN(C(=O)CN(N)/C=C\N)C2. The molecule has 0 saturated carbocycles. The van der Waals surface area contributed by atoms with Crippen LogP contribution < -0.4 is 11.6 Å². The Labute approximate surface area is 125 Å². The van der Waals surface area contributed by atoms with Crippen LogP contribution in [-0.4, -0.2) is 33.9 Å². The van der Waals surface area contributed by atoms with Gasteiger partial charge in [-0.3, -0.25) is 9.78 Å². The molecule has 114 valence electrons.